The number of hydrogen-bond donors (Lipinski definition) is 1. The van der Waals surface area contributed by atoms with Gasteiger partial charge >= 0.3 is 6.18 Å². The van der Waals surface area contributed by atoms with Crippen LogP contribution in [0.4, 0.5) is 18.9 Å². The lowest BCUT2D eigenvalue weighted by Gasteiger charge is -2.18. The molecule has 0 aliphatic heterocycles. The van der Waals surface area contributed by atoms with Crippen LogP contribution in [0.3, 0.4) is 0 Å². The zero-order valence-electron chi connectivity index (χ0n) is 21.9. The molecule has 10 heteroatoms. The summed E-state index contributed by atoms with van der Waals surface area (Å²) in [6, 6.07) is 14.3. The zero-order chi connectivity index (χ0) is 28.2. The maximum absolute atomic E-state index is 13.5. The van der Waals surface area contributed by atoms with Crippen molar-refractivity contribution in [2.24, 2.45) is 0 Å². The van der Waals surface area contributed by atoms with Gasteiger partial charge in [-0.05, 0) is 74.1 Å². The Balaban J connectivity index is 1.60. The predicted molar refractivity (Wildman–Crippen MR) is 145 cm³/mol. The van der Waals surface area contributed by atoms with Gasteiger partial charge in [-0.3, -0.25) is 14.2 Å². The zero-order valence-corrected chi connectivity index (χ0v) is 21.9. The van der Waals surface area contributed by atoms with Crippen LogP contribution in [0.1, 0.15) is 35.3 Å². The van der Waals surface area contributed by atoms with E-state index in [0.29, 0.717) is 34.6 Å². The lowest BCUT2D eigenvalue weighted by Crippen LogP contribution is -2.27. The highest BCUT2D eigenvalue weighted by molar-refractivity contribution is 6.04. The molecule has 0 fully saturated rings. The first kappa shape index (κ1) is 27.8. The molecule has 4 rings (SSSR count). The Hall–Kier alpha value is -4.18. The van der Waals surface area contributed by atoms with Crippen molar-refractivity contribution < 1.29 is 22.7 Å². The molecule has 1 amide bonds. The molecule has 0 saturated carbocycles. The van der Waals surface area contributed by atoms with Crippen LogP contribution in [0.5, 0.6) is 5.75 Å². The first-order chi connectivity index (χ1) is 18.6. The number of fused-ring (bicyclic) bond motifs is 1. The van der Waals surface area contributed by atoms with Crippen LogP contribution in [-0.4, -0.2) is 46.6 Å². The van der Waals surface area contributed by atoms with Gasteiger partial charge in [0, 0.05) is 17.8 Å². The molecule has 1 aromatic heterocycles. The maximum atomic E-state index is 13.5. The van der Waals surface area contributed by atoms with Gasteiger partial charge < -0.3 is 15.0 Å². The van der Waals surface area contributed by atoms with E-state index in [9.17, 15) is 22.8 Å². The van der Waals surface area contributed by atoms with Crippen LogP contribution in [0.25, 0.3) is 16.6 Å². The number of carbonyl (C=O) groups is 1. The number of aryl methyl sites for hydroxylation is 1. The lowest BCUT2D eigenvalue weighted by atomic mass is 10.1. The molecule has 0 unspecified atom stereocenters. The van der Waals surface area contributed by atoms with Crippen LogP contribution in [0, 0.1) is 6.92 Å². The summed E-state index contributed by atoms with van der Waals surface area (Å²) < 4.78 is 46.4. The second kappa shape index (κ2) is 11.7. The second-order valence-electron chi connectivity index (χ2n) is 9.01. The monoisotopic (exact) mass is 538 g/mol. The standard InChI is InChI=1S/C29H29F3N4O3/c1-4-35(5-2)13-14-39-23-11-12-25-24(17-23)28(38)36(18-33-25)26-16-22(10-9-19(26)3)34-27(37)20-7-6-8-21(15-20)29(30,31)32/h6-12,15-18H,4-5,13-14H2,1-3H3,(H,34,37). The molecule has 3 aromatic carbocycles. The first-order valence-electron chi connectivity index (χ1n) is 12.6. The van der Waals surface area contributed by atoms with E-state index >= 15 is 0 Å². The number of anilines is 1. The SMILES string of the molecule is CCN(CC)CCOc1ccc2ncn(-c3cc(NC(=O)c4cccc(C(F)(F)F)c4)ccc3C)c(=O)c2c1. The summed E-state index contributed by atoms with van der Waals surface area (Å²) in [5, 5.41) is 2.99. The molecule has 0 spiro atoms. The van der Waals surface area contributed by atoms with Gasteiger partial charge in [0.25, 0.3) is 11.5 Å². The van der Waals surface area contributed by atoms with Gasteiger partial charge in [0.1, 0.15) is 18.7 Å². The molecule has 0 radical (unpaired) electrons. The minimum absolute atomic E-state index is 0.134. The highest BCUT2D eigenvalue weighted by Gasteiger charge is 2.31. The van der Waals surface area contributed by atoms with Crippen LogP contribution >= 0.6 is 0 Å². The van der Waals surface area contributed by atoms with Gasteiger partial charge in [-0.15, -0.1) is 0 Å². The van der Waals surface area contributed by atoms with E-state index in [4.69, 9.17) is 4.74 Å². The first-order valence-corrected chi connectivity index (χ1v) is 12.6. The van der Waals surface area contributed by atoms with E-state index < -0.39 is 17.6 Å². The fraction of sp³-hybridized carbons (Fsp3) is 0.276. The number of aromatic nitrogens is 2. The van der Waals surface area contributed by atoms with Gasteiger partial charge in [0.2, 0.25) is 0 Å². The number of alkyl halides is 3. The molecular weight excluding hydrogens is 509 g/mol. The van der Waals surface area contributed by atoms with Crippen LogP contribution in [0.2, 0.25) is 0 Å². The van der Waals surface area contributed by atoms with Crippen molar-refractivity contribution in [2.45, 2.75) is 26.9 Å². The summed E-state index contributed by atoms with van der Waals surface area (Å²) in [6.07, 6.45) is -3.15. The smallest absolute Gasteiger partial charge is 0.416 e. The topological polar surface area (TPSA) is 76.5 Å². The highest BCUT2D eigenvalue weighted by Crippen LogP contribution is 2.30. The van der Waals surface area contributed by atoms with Crippen molar-refractivity contribution in [2.75, 3.05) is 31.6 Å². The molecule has 4 aromatic rings. The number of ether oxygens (including phenoxy) is 1. The largest absolute Gasteiger partial charge is 0.492 e. The van der Waals surface area contributed by atoms with E-state index in [2.05, 4.69) is 29.0 Å². The summed E-state index contributed by atoms with van der Waals surface area (Å²) in [5.74, 6) is -0.142. The molecule has 0 aliphatic rings. The summed E-state index contributed by atoms with van der Waals surface area (Å²) in [4.78, 5) is 32.8. The van der Waals surface area contributed by atoms with Gasteiger partial charge in [-0.2, -0.15) is 13.2 Å². The Morgan fingerprint density at radius 1 is 1.05 bits per heavy atom. The fourth-order valence-corrected chi connectivity index (χ4v) is 4.18. The van der Waals surface area contributed by atoms with Gasteiger partial charge in [0.05, 0.1) is 22.2 Å². The quantitative estimate of drug-likeness (QED) is 0.297. The number of hydrogen-bond acceptors (Lipinski definition) is 5. The number of likely N-dealkylation sites (N-methyl/N-ethyl adjacent to an activating group) is 1. The molecule has 0 aliphatic carbocycles. The van der Waals surface area contributed by atoms with Crippen LogP contribution in [0.15, 0.2) is 71.8 Å². The number of amides is 1. The average Bonchev–Trinajstić information content (AvgIpc) is 2.92. The van der Waals surface area contributed by atoms with Crippen molar-refractivity contribution in [3.05, 3.63) is 94.0 Å². The van der Waals surface area contributed by atoms with E-state index in [1.54, 1.807) is 43.3 Å². The molecule has 0 bridgehead atoms. The summed E-state index contributed by atoms with van der Waals surface area (Å²) in [5.41, 5.74) is 0.678. The Kier molecular flexibility index (Phi) is 8.35. The molecule has 204 valence electrons. The van der Waals surface area contributed by atoms with E-state index in [1.807, 2.05) is 0 Å². The van der Waals surface area contributed by atoms with Gasteiger partial charge in [0.15, 0.2) is 0 Å². The minimum Gasteiger partial charge on any atom is -0.492 e. The third-order valence-corrected chi connectivity index (χ3v) is 6.48. The number of nitrogens with one attached hydrogen (secondary N) is 1. The Labute approximate surface area is 223 Å². The minimum atomic E-state index is -4.56. The van der Waals surface area contributed by atoms with Crippen molar-refractivity contribution in [3.8, 4) is 11.4 Å². The normalized spacial score (nSPS) is 11.7. The number of nitrogens with zero attached hydrogens (tertiary/aromatic N) is 3. The average molecular weight is 539 g/mol. The molecule has 39 heavy (non-hydrogen) atoms. The number of rotatable bonds is 9. The number of benzene rings is 3. The highest BCUT2D eigenvalue weighted by atomic mass is 19.4. The lowest BCUT2D eigenvalue weighted by molar-refractivity contribution is -0.137. The summed E-state index contributed by atoms with van der Waals surface area (Å²) in [7, 11) is 0. The number of halogens is 3. The van der Waals surface area contributed by atoms with Crippen molar-refractivity contribution in [1.82, 2.24) is 14.5 Å². The Bertz CT molecular complexity index is 1550. The third-order valence-electron chi connectivity index (χ3n) is 6.48. The van der Waals surface area contributed by atoms with Crippen molar-refractivity contribution >= 4 is 22.5 Å². The molecule has 0 atom stereocenters. The molecule has 7 nitrogen and oxygen atoms in total. The molecular formula is C29H29F3N4O3. The number of carbonyl (C=O) groups excluding carboxylic acids is 1. The second-order valence-corrected chi connectivity index (χ2v) is 9.01. The third kappa shape index (κ3) is 6.46. The van der Waals surface area contributed by atoms with Crippen LogP contribution < -0.4 is 15.6 Å². The van der Waals surface area contributed by atoms with Crippen molar-refractivity contribution in [3.63, 3.8) is 0 Å². The molecule has 1 N–H and O–H groups in total. The van der Waals surface area contributed by atoms with Gasteiger partial charge in [-0.1, -0.05) is 26.0 Å². The van der Waals surface area contributed by atoms with E-state index in [1.165, 1.54) is 23.0 Å². The fourth-order valence-electron chi connectivity index (χ4n) is 4.18. The van der Waals surface area contributed by atoms with E-state index in [-0.39, 0.29) is 11.1 Å². The van der Waals surface area contributed by atoms with Gasteiger partial charge in [-0.25, -0.2) is 4.98 Å². The molecule has 0 saturated heterocycles. The van der Waals surface area contributed by atoms with E-state index in [0.717, 1.165) is 37.3 Å². The van der Waals surface area contributed by atoms with Crippen molar-refractivity contribution in [1.29, 1.82) is 0 Å². The maximum Gasteiger partial charge on any atom is 0.416 e. The predicted octanol–water partition coefficient (Wildman–Crippen LogP) is 5.69. The summed E-state index contributed by atoms with van der Waals surface area (Å²) in [6.45, 7) is 9.06. The Morgan fingerprint density at radius 3 is 2.54 bits per heavy atom. The summed E-state index contributed by atoms with van der Waals surface area (Å²) >= 11 is 0. The van der Waals surface area contributed by atoms with Crippen LogP contribution in [-0.2, 0) is 6.18 Å². The molecule has 1 heterocycles. The Morgan fingerprint density at radius 2 is 1.82 bits per heavy atom.